The van der Waals surface area contributed by atoms with Gasteiger partial charge in [-0.25, -0.2) is 0 Å². The Kier molecular flexibility index (Phi) is 6.07. The zero-order valence-corrected chi connectivity index (χ0v) is 13.6. The highest BCUT2D eigenvalue weighted by atomic mass is 16.5. The predicted octanol–water partition coefficient (Wildman–Crippen LogP) is 3.46. The molecule has 0 saturated carbocycles. The summed E-state index contributed by atoms with van der Waals surface area (Å²) in [5.74, 6) is 1.43. The molecule has 0 radical (unpaired) electrons. The van der Waals surface area contributed by atoms with Crippen LogP contribution < -0.4 is 10.1 Å². The summed E-state index contributed by atoms with van der Waals surface area (Å²) in [4.78, 5) is 0. The standard InChI is InChI=1S/C18H29NO2/c1-4-13(5-2)17(20)12-19-16(6-3)14-7-8-18-15(11-14)9-10-21-18/h7-8,11,13,16-17,19-20H,4-6,9-10,12H2,1-3H3. The third-order valence-electron chi connectivity index (χ3n) is 4.69. The van der Waals surface area contributed by atoms with Gasteiger partial charge in [0, 0.05) is 19.0 Å². The van der Waals surface area contributed by atoms with E-state index in [9.17, 15) is 5.11 Å². The Balaban J connectivity index is 1.97. The molecule has 0 spiro atoms. The summed E-state index contributed by atoms with van der Waals surface area (Å²) in [6.07, 6.45) is 3.84. The highest BCUT2D eigenvalue weighted by Crippen LogP contribution is 2.29. The van der Waals surface area contributed by atoms with Crippen molar-refractivity contribution < 1.29 is 9.84 Å². The minimum absolute atomic E-state index is 0.258. The Morgan fingerprint density at radius 2 is 1.95 bits per heavy atom. The van der Waals surface area contributed by atoms with E-state index >= 15 is 0 Å². The van der Waals surface area contributed by atoms with E-state index in [-0.39, 0.29) is 6.10 Å². The molecule has 0 fully saturated rings. The number of benzene rings is 1. The Bertz CT molecular complexity index is 443. The molecule has 2 N–H and O–H groups in total. The van der Waals surface area contributed by atoms with Gasteiger partial charge >= 0.3 is 0 Å². The zero-order chi connectivity index (χ0) is 15.2. The van der Waals surface area contributed by atoms with Crippen LogP contribution in [0, 0.1) is 5.92 Å². The molecule has 2 atom stereocenters. The molecule has 3 nitrogen and oxygen atoms in total. The van der Waals surface area contributed by atoms with E-state index < -0.39 is 0 Å². The fourth-order valence-corrected chi connectivity index (χ4v) is 3.18. The van der Waals surface area contributed by atoms with E-state index in [4.69, 9.17) is 4.74 Å². The van der Waals surface area contributed by atoms with E-state index in [1.165, 1.54) is 11.1 Å². The molecule has 0 saturated heterocycles. The van der Waals surface area contributed by atoms with Gasteiger partial charge in [0.25, 0.3) is 0 Å². The van der Waals surface area contributed by atoms with E-state index in [2.05, 4.69) is 44.3 Å². The average Bonchev–Trinajstić information content (AvgIpc) is 2.96. The molecule has 2 unspecified atom stereocenters. The molecular weight excluding hydrogens is 262 g/mol. The topological polar surface area (TPSA) is 41.5 Å². The fourth-order valence-electron chi connectivity index (χ4n) is 3.18. The van der Waals surface area contributed by atoms with E-state index in [0.29, 0.717) is 18.5 Å². The second-order valence-corrected chi connectivity index (χ2v) is 5.98. The number of hydrogen-bond donors (Lipinski definition) is 2. The summed E-state index contributed by atoms with van der Waals surface area (Å²) >= 11 is 0. The number of fused-ring (bicyclic) bond motifs is 1. The van der Waals surface area contributed by atoms with Crippen LogP contribution in [0.4, 0.5) is 0 Å². The van der Waals surface area contributed by atoms with Crippen LogP contribution in [-0.2, 0) is 6.42 Å². The molecule has 21 heavy (non-hydrogen) atoms. The molecule has 0 bridgehead atoms. The molecule has 0 aromatic heterocycles. The van der Waals surface area contributed by atoms with Crippen molar-refractivity contribution in [3.8, 4) is 5.75 Å². The van der Waals surface area contributed by atoms with Crippen LogP contribution in [0.15, 0.2) is 18.2 Å². The summed E-state index contributed by atoms with van der Waals surface area (Å²) < 4.78 is 5.57. The summed E-state index contributed by atoms with van der Waals surface area (Å²) in [5.41, 5.74) is 2.62. The lowest BCUT2D eigenvalue weighted by atomic mass is 9.95. The van der Waals surface area contributed by atoms with Crippen LogP contribution in [-0.4, -0.2) is 24.4 Å². The van der Waals surface area contributed by atoms with Gasteiger partial charge in [-0.1, -0.05) is 45.7 Å². The highest BCUT2D eigenvalue weighted by molar-refractivity contribution is 5.40. The van der Waals surface area contributed by atoms with Crippen LogP contribution >= 0.6 is 0 Å². The quantitative estimate of drug-likeness (QED) is 0.770. The molecule has 2 rings (SSSR count). The van der Waals surface area contributed by atoms with Crippen molar-refractivity contribution in [2.75, 3.05) is 13.2 Å². The van der Waals surface area contributed by atoms with Crippen LogP contribution in [0.2, 0.25) is 0 Å². The molecule has 1 aliphatic heterocycles. The third kappa shape index (κ3) is 3.98. The molecule has 0 amide bonds. The zero-order valence-electron chi connectivity index (χ0n) is 13.6. The number of nitrogens with one attached hydrogen (secondary N) is 1. The summed E-state index contributed by atoms with van der Waals surface area (Å²) in [7, 11) is 0. The molecule has 1 aliphatic rings. The highest BCUT2D eigenvalue weighted by Gasteiger charge is 2.19. The Morgan fingerprint density at radius 3 is 2.62 bits per heavy atom. The molecule has 1 aromatic rings. The van der Waals surface area contributed by atoms with Gasteiger partial charge in [0.1, 0.15) is 5.75 Å². The smallest absolute Gasteiger partial charge is 0.122 e. The van der Waals surface area contributed by atoms with Gasteiger partial charge in [-0.3, -0.25) is 0 Å². The first-order chi connectivity index (χ1) is 10.2. The maximum absolute atomic E-state index is 10.3. The van der Waals surface area contributed by atoms with Crippen LogP contribution in [0.1, 0.15) is 57.2 Å². The Hall–Kier alpha value is -1.06. The first kappa shape index (κ1) is 16.3. The molecular formula is C18H29NO2. The SMILES string of the molecule is CCC(NCC(O)C(CC)CC)c1ccc2c(c1)CCO2. The lowest BCUT2D eigenvalue weighted by Gasteiger charge is -2.24. The summed E-state index contributed by atoms with van der Waals surface area (Å²) in [6, 6.07) is 6.79. The first-order valence-corrected chi connectivity index (χ1v) is 8.36. The second-order valence-electron chi connectivity index (χ2n) is 5.98. The largest absolute Gasteiger partial charge is 0.493 e. The van der Waals surface area contributed by atoms with Crippen molar-refractivity contribution in [1.82, 2.24) is 5.32 Å². The van der Waals surface area contributed by atoms with Gasteiger partial charge in [-0.2, -0.15) is 0 Å². The van der Waals surface area contributed by atoms with Crippen molar-refractivity contribution >= 4 is 0 Å². The third-order valence-corrected chi connectivity index (χ3v) is 4.69. The minimum atomic E-state index is -0.258. The number of ether oxygens (including phenoxy) is 1. The van der Waals surface area contributed by atoms with Crippen LogP contribution in [0.3, 0.4) is 0 Å². The van der Waals surface area contributed by atoms with Crippen LogP contribution in [0.5, 0.6) is 5.75 Å². The van der Waals surface area contributed by atoms with Gasteiger partial charge in [-0.05, 0) is 29.5 Å². The molecule has 118 valence electrons. The van der Waals surface area contributed by atoms with Gasteiger partial charge in [0.2, 0.25) is 0 Å². The van der Waals surface area contributed by atoms with Gasteiger partial charge in [0.05, 0.1) is 12.7 Å². The molecule has 1 heterocycles. The summed E-state index contributed by atoms with van der Waals surface area (Å²) in [5, 5.41) is 13.8. The predicted molar refractivity (Wildman–Crippen MR) is 86.8 cm³/mol. The van der Waals surface area contributed by atoms with Crippen molar-refractivity contribution in [3.05, 3.63) is 29.3 Å². The van der Waals surface area contributed by atoms with Gasteiger partial charge < -0.3 is 15.2 Å². The molecule has 1 aromatic carbocycles. The lowest BCUT2D eigenvalue weighted by Crippen LogP contribution is -2.34. The van der Waals surface area contributed by atoms with Gasteiger partial charge in [-0.15, -0.1) is 0 Å². The molecule has 0 aliphatic carbocycles. The van der Waals surface area contributed by atoms with E-state index in [1.807, 2.05) is 0 Å². The average molecular weight is 291 g/mol. The second kappa shape index (κ2) is 7.81. The maximum atomic E-state index is 10.3. The van der Waals surface area contributed by atoms with E-state index in [0.717, 1.165) is 38.0 Å². The normalized spacial score (nSPS) is 16.6. The van der Waals surface area contributed by atoms with Crippen molar-refractivity contribution in [2.24, 2.45) is 5.92 Å². The Labute approximate surface area is 128 Å². The van der Waals surface area contributed by atoms with Crippen molar-refractivity contribution in [1.29, 1.82) is 0 Å². The van der Waals surface area contributed by atoms with E-state index in [1.54, 1.807) is 0 Å². The van der Waals surface area contributed by atoms with Crippen LogP contribution in [0.25, 0.3) is 0 Å². The Morgan fingerprint density at radius 1 is 1.19 bits per heavy atom. The monoisotopic (exact) mass is 291 g/mol. The van der Waals surface area contributed by atoms with Crippen molar-refractivity contribution in [3.63, 3.8) is 0 Å². The fraction of sp³-hybridized carbons (Fsp3) is 0.667. The minimum Gasteiger partial charge on any atom is -0.493 e. The number of rotatable bonds is 8. The number of aliphatic hydroxyl groups is 1. The van der Waals surface area contributed by atoms with Gasteiger partial charge in [0.15, 0.2) is 0 Å². The number of hydrogen-bond acceptors (Lipinski definition) is 3. The molecule has 3 heteroatoms. The summed E-state index contributed by atoms with van der Waals surface area (Å²) in [6.45, 7) is 7.95. The maximum Gasteiger partial charge on any atom is 0.122 e. The van der Waals surface area contributed by atoms with Crippen molar-refractivity contribution in [2.45, 2.75) is 58.6 Å². The number of aliphatic hydroxyl groups excluding tert-OH is 1. The lowest BCUT2D eigenvalue weighted by molar-refractivity contribution is 0.0980. The first-order valence-electron chi connectivity index (χ1n) is 8.36.